The summed E-state index contributed by atoms with van der Waals surface area (Å²) in [7, 11) is 0. The average molecular weight is 397 g/mol. The molecule has 3 aromatic rings. The Hall–Kier alpha value is -3.06. The van der Waals surface area contributed by atoms with Gasteiger partial charge in [0.25, 0.3) is 0 Å². The lowest BCUT2D eigenvalue weighted by Crippen LogP contribution is -2.31. The molecule has 1 heterocycles. The fraction of sp³-hybridized carbons (Fsp3) is 0.190. The molecule has 2 amide bonds. The molecule has 1 aromatic heterocycles. The van der Waals surface area contributed by atoms with Crippen LogP contribution in [0.15, 0.2) is 60.1 Å². The fourth-order valence-electron chi connectivity index (χ4n) is 2.73. The molecule has 0 saturated heterocycles. The summed E-state index contributed by atoms with van der Waals surface area (Å²) in [5.41, 5.74) is 3.98. The molecule has 0 unspecified atom stereocenters. The number of hydrogen-bond donors (Lipinski definition) is 1. The standard InChI is InChI=1S/C21H20FN3O2S/c1-15(26)25(13-16-5-3-2-4-6-16)12-11-19(27)24-21-20(23-14-28-21)17-7-9-18(22)10-8-17/h2-10,14H,11-13H2,1H3,(H,24,27). The minimum Gasteiger partial charge on any atom is -0.338 e. The third-order valence-corrected chi connectivity index (χ3v) is 4.95. The van der Waals surface area contributed by atoms with Crippen molar-refractivity contribution < 1.29 is 14.0 Å². The molecule has 3 rings (SSSR count). The van der Waals surface area contributed by atoms with Gasteiger partial charge in [0.15, 0.2) is 0 Å². The number of carbonyl (C=O) groups excluding carboxylic acids is 2. The highest BCUT2D eigenvalue weighted by molar-refractivity contribution is 7.14. The zero-order valence-corrected chi connectivity index (χ0v) is 16.2. The number of aromatic nitrogens is 1. The van der Waals surface area contributed by atoms with Gasteiger partial charge in [0, 0.05) is 32.0 Å². The van der Waals surface area contributed by atoms with Crippen molar-refractivity contribution in [2.75, 3.05) is 11.9 Å². The van der Waals surface area contributed by atoms with E-state index < -0.39 is 0 Å². The van der Waals surface area contributed by atoms with Crippen LogP contribution in [-0.4, -0.2) is 28.2 Å². The first kappa shape index (κ1) is 19.7. The molecule has 0 aliphatic heterocycles. The molecule has 7 heteroatoms. The highest BCUT2D eigenvalue weighted by Gasteiger charge is 2.15. The van der Waals surface area contributed by atoms with Crippen LogP contribution < -0.4 is 5.32 Å². The summed E-state index contributed by atoms with van der Waals surface area (Å²) in [6, 6.07) is 15.6. The number of nitrogens with zero attached hydrogens (tertiary/aromatic N) is 2. The van der Waals surface area contributed by atoms with Crippen molar-refractivity contribution in [3.8, 4) is 11.3 Å². The molecule has 0 fully saturated rings. The predicted molar refractivity (Wildman–Crippen MR) is 108 cm³/mol. The van der Waals surface area contributed by atoms with Crippen molar-refractivity contribution in [3.63, 3.8) is 0 Å². The Balaban J connectivity index is 1.60. The van der Waals surface area contributed by atoms with Crippen molar-refractivity contribution in [2.45, 2.75) is 19.9 Å². The minimum atomic E-state index is -0.327. The monoisotopic (exact) mass is 397 g/mol. The second kappa shape index (κ2) is 9.23. The van der Waals surface area contributed by atoms with E-state index in [4.69, 9.17) is 0 Å². The van der Waals surface area contributed by atoms with Gasteiger partial charge in [-0.15, -0.1) is 11.3 Å². The number of anilines is 1. The van der Waals surface area contributed by atoms with E-state index in [0.717, 1.165) is 11.1 Å². The van der Waals surface area contributed by atoms with Crippen LogP contribution in [0.4, 0.5) is 9.39 Å². The number of hydrogen-bond acceptors (Lipinski definition) is 4. The molecule has 0 radical (unpaired) electrons. The maximum atomic E-state index is 13.1. The van der Waals surface area contributed by atoms with E-state index >= 15 is 0 Å². The molecule has 5 nitrogen and oxygen atoms in total. The summed E-state index contributed by atoms with van der Waals surface area (Å²) >= 11 is 1.30. The average Bonchev–Trinajstić information content (AvgIpc) is 3.14. The smallest absolute Gasteiger partial charge is 0.226 e. The van der Waals surface area contributed by atoms with Gasteiger partial charge in [0.05, 0.1) is 5.51 Å². The van der Waals surface area contributed by atoms with Gasteiger partial charge in [-0.25, -0.2) is 9.37 Å². The summed E-state index contributed by atoms with van der Waals surface area (Å²) < 4.78 is 13.1. The van der Waals surface area contributed by atoms with Crippen LogP contribution >= 0.6 is 11.3 Å². The van der Waals surface area contributed by atoms with Crippen molar-refractivity contribution in [3.05, 3.63) is 71.5 Å². The molecule has 0 aliphatic rings. The number of halogens is 1. The lowest BCUT2D eigenvalue weighted by molar-refractivity contribution is -0.129. The molecule has 0 atom stereocenters. The van der Waals surface area contributed by atoms with Crippen LogP contribution in [0.3, 0.4) is 0 Å². The topological polar surface area (TPSA) is 62.3 Å². The molecule has 0 spiro atoms. The third kappa shape index (κ3) is 5.23. The van der Waals surface area contributed by atoms with Gasteiger partial charge in [-0.05, 0) is 29.8 Å². The van der Waals surface area contributed by atoms with E-state index in [1.54, 1.807) is 22.5 Å². The molecule has 0 saturated carbocycles. The van der Waals surface area contributed by atoms with Gasteiger partial charge in [0.1, 0.15) is 16.5 Å². The summed E-state index contributed by atoms with van der Waals surface area (Å²) in [4.78, 5) is 30.2. The largest absolute Gasteiger partial charge is 0.338 e. The maximum Gasteiger partial charge on any atom is 0.226 e. The SMILES string of the molecule is CC(=O)N(CCC(=O)Nc1scnc1-c1ccc(F)cc1)Cc1ccccc1. The maximum absolute atomic E-state index is 13.1. The Morgan fingerprint density at radius 3 is 2.50 bits per heavy atom. The van der Waals surface area contributed by atoms with E-state index in [2.05, 4.69) is 10.3 Å². The molecule has 0 bridgehead atoms. The molecule has 1 N–H and O–H groups in total. The molecule has 28 heavy (non-hydrogen) atoms. The molecular weight excluding hydrogens is 377 g/mol. The van der Waals surface area contributed by atoms with Gasteiger partial charge >= 0.3 is 0 Å². The predicted octanol–water partition coefficient (Wildman–Crippen LogP) is 4.33. The second-order valence-electron chi connectivity index (χ2n) is 6.26. The summed E-state index contributed by atoms with van der Waals surface area (Å²) in [6.45, 7) is 2.28. The van der Waals surface area contributed by atoms with E-state index in [-0.39, 0.29) is 24.1 Å². The Kier molecular flexibility index (Phi) is 6.49. The van der Waals surface area contributed by atoms with Crippen LogP contribution in [0.1, 0.15) is 18.9 Å². The van der Waals surface area contributed by atoms with Crippen molar-refractivity contribution >= 4 is 28.2 Å². The normalized spacial score (nSPS) is 10.5. The number of thiazole rings is 1. The number of nitrogens with one attached hydrogen (secondary N) is 1. The molecule has 0 aliphatic carbocycles. The van der Waals surface area contributed by atoms with Gasteiger partial charge in [-0.3, -0.25) is 9.59 Å². The molecular formula is C21H20FN3O2S. The number of rotatable bonds is 7. The number of benzene rings is 2. The first-order valence-electron chi connectivity index (χ1n) is 8.81. The summed E-state index contributed by atoms with van der Waals surface area (Å²) in [6.07, 6.45) is 0.174. The second-order valence-corrected chi connectivity index (χ2v) is 7.12. The lowest BCUT2D eigenvalue weighted by Gasteiger charge is -2.21. The Labute approximate surface area is 166 Å². The summed E-state index contributed by atoms with van der Waals surface area (Å²) in [5, 5.41) is 3.45. The van der Waals surface area contributed by atoms with Crippen molar-refractivity contribution in [1.29, 1.82) is 0 Å². The van der Waals surface area contributed by atoms with E-state index in [0.29, 0.717) is 23.8 Å². The first-order valence-corrected chi connectivity index (χ1v) is 9.69. The van der Waals surface area contributed by atoms with Crippen molar-refractivity contribution in [1.82, 2.24) is 9.88 Å². The van der Waals surface area contributed by atoms with Gasteiger partial charge in [-0.1, -0.05) is 30.3 Å². The zero-order valence-electron chi connectivity index (χ0n) is 15.4. The minimum absolute atomic E-state index is 0.0820. The van der Waals surface area contributed by atoms with Crippen LogP contribution in [-0.2, 0) is 16.1 Å². The number of carbonyl (C=O) groups is 2. The lowest BCUT2D eigenvalue weighted by atomic mass is 10.1. The van der Waals surface area contributed by atoms with Crippen LogP contribution in [0.5, 0.6) is 0 Å². The number of amides is 2. The van der Waals surface area contributed by atoms with E-state index in [1.165, 1.54) is 30.4 Å². The zero-order chi connectivity index (χ0) is 19.9. The van der Waals surface area contributed by atoms with Crippen LogP contribution in [0.25, 0.3) is 11.3 Å². The van der Waals surface area contributed by atoms with Crippen molar-refractivity contribution in [2.24, 2.45) is 0 Å². The highest BCUT2D eigenvalue weighted by Crippen LogP contribution is 2.30. The Bertz CT molecular complexity index is 942. The van der Waals surface area contributed by atoms with Crippen LogP contribution in [0.2, 0.25) is 0 Å². The quantitative estimate of drug-likeness (QED) is 0.646. The Morgan fingerprint density at radius 2 is 1.82 bits per heavy atom. The highest BCUT2D eigenvalue weighted by atomic mass is 32.1. The Morgan fingerprint density at radius 1 is 1.11 bits per heavy atom. The van der Waals surface area contributed by atoms with Gasteiger partial charge in [0.2, 0.25) is 11.8 Å². The molecule has 2 aromatic carbocycles. The fourth-order valence-corrected chi connectivity index (χ4v) is 3.44. The van der Waals surface area contributed by atoms with Crippen LogP contribution in [0, 0.1) is 5.82 Å². The first-order chi connectivity index (χ1) is 13.5. The molecule has 144 valence electrons. The third-order valence-electron chi connectivity index (χ3n) is 4.21. The van der Waals surface area contributed by atoms with Gasteiger partial charge in [-0.2, -0.15) is 0 Å². The van der Waals surface area contributed by atoms with E-state index in [1.807, 2.05) is 30.3 Å². The summed E-state index contributed by atoms with van der Waals surface area (Å²) in [5.74, 6) is -0.610. The van der Waals surface area contributed by atoms with E-state index in [9.17, 15) is 14.0 Å². The van der Waals surface area contributed by atoms with Gasteiger partial charge < -0.3 is 10.2 Å².